The van der Waals surface area contributed by atoms with Crippen LogP contribution in [-0.2, 0) is 4.74 Å². The molecular formula is C19H24N4O. The van der Waals surface area contributed by atoms with Crippen molar-refractivity contribution >= 4 is 5.82 Å². The zero-order valence-electron chi connectivity index (χ0n) is 14.7. The number of nitrogens with zero attached hydrogens (tertiary/aromatic N) is 4. The Labute approximate surface area is 143 Å². The number of fused-ring (bicyclic) bond motifs is 1. The highest BCUT2D eigenvalue weighted by Crippen LogP contribution is 2.54. The minimum atomic E-state index is 0.139. The first-order valence-electron chi connectivity index (χ1n) is 8.60. The van der Waals surface area contributed by atoms with Crippen LogP contribution >= 0.6 is 0 Å². The monoisotopic (exact) mass is 324 g/mol. The predicted molar refractivity (Wildman–Crippen MR) is 93.8 cm³/mol. The second kappa shape index (κ2) is 5.52. The first-order valence-corrected chi connectivity index (χ1v) is 8.60. The van der Waals surface area contributed by atoms with Crippen molar-refractivity contribution in [2.24, 2.45) is 11.3 Å². The number of aryl methyl sites for hydroxylation is 1. The molecular weight excluding hydrogens is 300 g/mol. The van der Waals surface area contributed by atoms with Crippen LogP contribution in [0.4, 0.5) is 5.82 Å². The van der Waals surface area contributed by atoms with Gasteiger partial charge in [0.25, 0.3) is 0 Å². The predicted octanol–water partition coefficient (Wildman–Crippen LogP) is 3.10. The lowest BCUT2D eigenvalue weighted by Gasteiger charge is -2.58. The SMILES string of the molecule is Cc1cc(N(C)C2C3CCOC3C2(C)C)nc(-c2ccccn2)n1. The molecule has 1 saturated heterocycles. The van der Waals surface area contributed by atoms with Crippen molar-refractivity contribution in [1.82, 2.24) is 15.0 Å². The summed E-state index contributed by atoms with van der Waals surface area (Å²) in [6.45, 7) is 7.49. The zero-order chi connectivity index (χ0) is 16.9. The van der Waals surface area contributed by atoms with Crippen LogP contribution in [0.2, 0.25) is 0 Å². The van der Waals surface area contributed by atoms with Gasteiger partial charge in [0.15, 0.2) is 5.82 Å². The molecule has 0 radical (unpaired) electrons. The Kier molecular flexibility index (Phi) is 3.57. The van der Waals surface area contributed by atoms with E-state index in [4.69, 9.17) is 9.72 Å². The van der Waals surface area contributed by atoms with Crippen LogP contribution < -0.4 is 4.90 Å². The molecule has 1 aliphatic heterocycles. The smallest absolute Gasteiger partial charge is 0.180 e. The molecule has 1 aliphatic carbocycles. The van der Waals surface area contributed by atoms with Crippen molar-refractivity contribution in [3.63, 3.8) is 0 Å². The van der Waals surface area contributed by atoms with Gasteiger partial charge in [0.05, 0.1) is 6.10 Å². The summed E-state index contributed by atoms with van der Waals surface area (Å²) in [5.74, 6) is 2.25. The fraction of sp³-hybridized carbons (Fsp3) is 0.526. The highest BCUT2D eigenvalue weighted by Gasteiger charge is 2.61. The van der Waals surface area contributed by atoms with Crippen LogP contribution in [0, 0.1) is 18.3 Å². The van der Waals surface area contributed by atoms with Crippen LogP contribution in [0.5, 0.6) is 0 Å². The van der Waals surface area contributed by atoms with Crippen molar-refractivity contribution < 1.29 is 4.74 Å². The molecule has 126 valence electrons. The van der Waals surface area contributed by atoms with Gasteiger partial charge in [-0.05, 0) is 25.5 Å². The van der Waals surface area contributed by atoms with Crippen LogP contribution in [-0.4, -0.2) is 40.8 Å². The van der Waals surface area contributed by atoms with Gasteiger partial charge in [-0.15, -0.1) is 0 Å². The summed E-state index contributed by atoms with van der Waals surface area (Å²) in [6.07, 6.45) is 3.29. The number of anilines is 1. The van der Waals surface area contributed by atoms with Gasteiger partial charge in [-0.3, -0.25) is 4.98 Å². The first-order chi connectivity index (χ1) is 11.5. The van der Waals surface area contributed by atoms with E-state index in [1.54, 1.807) is 6.20 Å². The lowest BCUT2D eigenvalue weighted by atomic mass is 9.57. The van der Waals surface area contributed by atoms with Crippen LogP contribution in [0.15, 0.2) is 30.5 Å². The summed E-state index contributed by atoms with van der Waals surface area (Å²) in [4.78, 5) is 16.1. The maximum Gasteiger partial charge on any atom is 0.180 e. The molecule has 2 aromatic rings. The topological polar surface area (TPSA) is 51.1 Å². The average molecular weight is 324 g/mol. The van der Waals surface area contributed by atoms with Crippen LogP contribution in [0.1, 0.15) is 26.0 Å². The van der Waals surface area contributed by atoms with E-state index < -0.39 is 0 Å². The molecule has 24 heavy (non-hydrogen) atoms. The van der Waals surface area contributed by atoms with Gasteiger partial charge in [0.2, 0.25) is 0 Å². The summed E-state index contributed by atoms with van der Waals surface area (Å²) < 4.78 is 5.93. The van der Waals surface area contributed by atoms with E-state index in [1.165, 1.54) is 0 Å². The lowest BCUT2D eigenvalue weighted by Crippen LogP contribution is -2.66. The Balaban J connectivity index is 1.68. The molecule has 2 fully saturated rings. The number of hydrogen-bond donors (Lipinski definition) is 0. The number of aromatic nitrogens is 3. The number of rotatable bonds is 3. The number of ether oxygens (including phenoxy) is 1. The summed E-state index contributed by atoms with van der Waals surface area (Å²) in [6, 6.07) is 8.32. The van der Waals surface area contributed by atoms with Crippen LogP contribution in [0.3, 0.4) is 0 Å². The summed E-state index contributed by atoms with van der Waals surface area (Å²) >= 11 is 0. The van der Waals surface area contributed by atoms with E-state index in [1.807, 2.05) is 25.1 Å². The molecule has 3 heterocycles. The quantitative estimate of drug-likeness (QED) is 0.868. The third-order valence-electron chi connectivity index (χ3n) is 5.55. The largest absolute Gasteiger partial charge is 0.377 e. The van der Waals surface area contributed by atoms with Gasteiger partial charge in [-0.2, -0.15) is 0 Å². The fourth-order valence-electron chi connectivity index (χ4n) is 4.57. The molecule has 3 atom stereocenters. The third-order valence-corrected chi connectivity index (χ3v) is 5.55. The van der Waals surface area contributed by atoms with Crippen LogP contribution in [0.25, 0.3) is 11.5 Å². The summed E-state index contributed by atoms with van der Waals surface area (Å²) in [5, 5.41) is 0. The standard InChI is InChI=1S/C19H24N4O/c1-12-11-15(22-18(21-12)14-7-5-6-9-20-14)23(4)16-13-8-10-24-17(13)19(16,2)3/h5-7,9,11,13,16-17H,8,10H2,1-4H3. The van der Waals surface area contributed by atoms with Gasteiger partial charge in [-0.25, -0.2) is 9.97 Å². The molecule has 0 N–H and O–H groups in total. The first kappa shape index (κ1) is 15.5. The van der Waals surface area contributed by atoms with E-state index in [0.29, 0.717) is 23.9 Å². The molecule has 0 amide bonds. The Hall–Kier alpha value is -2.01. The Morgan fingerprint density at radius 2 is 2.08 bits per heavy atom. The highest BCUT2D eigenvalue weighted by atomic mass is 16.5. The van der Waals surface area contributed by atoms with E-state index in [2.05, 4.69) is 41.8 Å². The average Bonchev–Trinajstić information content (AvgIpc) is 3.01. The van der Waals surface area contributed by atoms with E-state index in [-0.39, 0.29) is 5.41 Å². The second-order valence-corrected chi connectivity index (χ2v) is 7.53. The highest BCUT2D eigenvalue weighted by molar-refractivity contribution is 5.54. The molecule has 0 aromatic carbocycles. The Morgan fingerprint density at radius 3 is 2.83 bits per heavy atom. The molecule has 5 nitrogen and oxygen atoms in total. The molecule has 0 bridgehead atoms. The second-order valence-electron chi connectivity index (χ2n) is 7.53. The van der Waals surface area contributed by atoms with Gasteiger partial charge in [0.1, 0.15) is 11.5 Å². The Morgan fingerprint density at radius 1 is 1.25 bits per heavy atom. The molecule has 5 heteroatoms. The maximum absolute atomic E-state index is 5.93. The van der Waals surface area contributed by atoms with Crippen molar-refractivity contribution in [2.45, 2.75) is 39.3 Å². The Bertz CT molecular complexity index is 746. The third kappa shape index (κ3) is 2.30. The molecule has 0 spiro atoms. The van der Waals surface area contributed by atoms with E-state index in [9.17, 15) is 0 Å². The van der Waals surface area contributed by atoms with Gasteiger partial charge in [-0.1, -0.05) is 19.9 Å². The fourth-order valence-corrected chi connectivity index (χ4v) is 4.57. The summed E-state index contributed by atoms with van der Waals surface area (Å²) in [7, 11) is 2.14. The number of hydrogen-bond acceptors (Lipinski definition) is 5. The number of pyridine rings is 1. The molecule has 4 rings (SSSR count). The minimum absolute atomic E-state index is 0.139. The lowest BCUT2D eigenvalue weighted by molar-refractivity contribution is -0.101. The van der Waals surface area contributed by atoms with Crippen molar-refractivity contribution in [2.75, 3.05) is 18.6 Å². The van der Waals surface area contributed by atoms with Crippen molar-refractivity contribution in [3.8, 4) is 11.5 Å². The van der Waals surface area contributed by atoms with Gasteiger partial charge >= 0.3 is 0 Å². The molecule has 1 saturated carbocycles. The molecule has 2 aliphatic rings. The normalized spacial score (nSPS) is 27.4. The van der Waals surface area contributed by atoms with Gasteiger partial charge < -0.3 is 9.64 Å². The van der Waals surface area contributed by atoms with E-state index >= 15 is 0 Å². The van der Waals surface area contributed by atoms with Crippen molar-refractivity contribution in [1.29, 1.82) is 0 Å². The van der Waals surface area contributed by atoms with E-state index in [0.717, 1.165) is 30.2 Å². The molecule has 2 aromatic heterocycles. The minimum Gasteiger partial charge on any atom is -0.377 e. The van der Waals surface area contributed by atoms with Crippen molar-refractivity contribution in [3.05, 3.63) is 36.2 Å². The zero-order valence-corrected chi connectivity index (χ0v) is 14.7. The molecule has 3 unspecified atom stereocenters. The van der Waals surface area contributed by atoms with Gasteiger partial charge in [0, 0.05) is 49.0 Å². The summed E-state index contributed by atoms with van der Waals surface area (Å²) in [5.41, 5.74) is 1.91. The maximum atomic E-state index is 5.93.